The van der Waals surface area contributed by atoms with Crippen LogP contribution in [0.4, 0.5) is 15.3 Å². The molecule has 42 heavy (non-hydrogen) atoms. The van der Waals surface area contributed by atoms with Gasteiger partial charge in [-0.3, -0.25) is 10.1 Å². The molecule has 0 saturated heterocycles. The van der Waals surface area contributed by atoms with Gasteiger partial charge in [-0.15, -0.1) is 0 Å². The number of carbonyl (C=O) groups is 2. The van der Waals surface area contributed by atoms with Gasteiger partial charge in [-0.25, -0.2) is 9.59 Å². The van der Waals surface area contributed by atoms with Crippen molar-refractivity contribution in [1.29, 1.82) is 0 Å². The maximum absolute atomic E-state index is 12.2. The Bertz CT molecular complexity index is 1290. The lowest BCUT2D eigenvalue weighted by Crippen LogP contribution is -2.29. The lowest BCUT2D eigenvalue weighted by molar-refractivity contribution is -0.384. The molecule has 12 heteroatoms. The molecule has 0 atom stereocenters. The van der Waals surface area contributed by atoms with E-state index in [1.807, 2.05) is 24.3 Å². The van der Waals surface area contributed by atoms with Crippen molar-refractivity contribution in [3.63, 3.8) is 0 Å². The smallest absolute Gasteiger partial charge is 0.449 e. The van der Waals surface area contributed by atoms with Gasteiger partial charge in [0.25, 0.3) is 5.69 Å². The zero-order chi connectivity index (χ0) is 29.6. The van der Waals surface area contributed by atoms with Gasteiger partial charge in [0.1, 0.15) is 19.0 Å². The number of benzene rings is 3. The van der Waals surface area contributed by atoms with Gasteiger partial charge in [0.15, 0.2) is 0 Å². The van der Waals surface area contributed by atoms with E-state index in [-0.39, 0.29) is 37.2 Å². The molecule has 1 aliphatic rings. The van der Waals surface area contributed by atoms with Crippen LogP contribution in [-0.4, -0.2) is 76.6 Å². The Morgan fingerprint density at radius 1 is 0.714 bits per heavy atom. The minimum absolute atomic E-state index is 0.0130. The first-order valence-electron chi connectivity index (χ1n) is 13.4. The van der Waals surface area contributed by atoms with E-state index in [4.69, 9.17) is 28.4 Å². The van der Waals surface area contributed by atoms with E-state index in [0.29, 0.717) is 39.6 Å². The molecule has 0 aromatic heterocycles. The second kappa shape index (κ2) is 16.1. The molecule has 0 fully saturated rings. The summed E-state index contributed by atoms with van der Waals surface area (Å²) in [5.41, 5.74) is 4.57. The molecule has 0 spiro atoms. The fourth-order valence-corrected chi connectivity index (χ4v) is 4.36. The summed E-state index contributed by atoms with van der Waals surface area (Å²) < 4.78 is 31.4. The number of nitro benzene ring substituents is 1. The predicted octanol–water partition coefficient (Wildman–Crippen LogP) is 4.70. The number of hydrogen-bond donors (Lipinski definition) is 1. The fraction of sp³-hybridized carbons (Fsp3) is 0.333. The molecule has 3 aromatic carbocycles. The predicted molar refractivity (Wildman–Crippen MR) is 151 cm³/mol. The Morgan fingerprint density at radius 3 is 1.86 bits per heavy atom. The number of fused-ring (bicyclic) bond motifs is 3. The van der Waals surface area contributed by atoms with E-state index in [0.717, 1.165) is 11.1 Å². The van der Waals surface area contributed by atoms with Crippen LogP contribution in [0.15, 0.2) is 72.8 Å². The van der Waals surface area contributed by atoms with Crippen molar-refractivity contribution in [1.82, 2.24) is 5.32 Å². The summed E-state index contributed by atoms with van der Waals surface area (Å²) in [6.45, 7) is 2.34. The quantitative estimate of drug-likeness (QED) is 0.0832. The molecule has 3 aromatic rings. The largest absolute Gasteiger partial charge is 0.513 e. The van der Waals surface area contributed by atoms with Crippen molar-refractivity contribution < 1.29 is 42.9 Å². The van der Waals surface area contributed by atoms with Gasteiger partial charge >= 0.3 is 12.2 Å². The van der Waals surface area contributed by atoms with Crippen LogP contribution in [0.1, 0.15) is 17.0 Å². The van der Waals surface area contributed by atoms with Gasteiger partial charge in [-0.05, 0) is 34.4 Å². The average Bonchev–Trinajstić information content (AvgIpc) is 3.32. The number of ether oxygens (including phenoxy) is 6. The van der Waals surface area contributed by atoms with Crippen molar-refractivity contribution in [2.24, 2.45) is 0 Å². The zero-order valence-corrected chi connectivity index (χ0v) is 22.9. The standard InChI is InChI=1S/C30H32N2O10/c33-29(41-21-28-26-7-3-1-5-24(26)25-6-2-4-8-27(25)28)31-13-14-37-15-16-38-17-18-39-19-20-40-30(34)42-23-11-9-22(10-12-23)32(35)36/h1-12,28H,13-21H2,(H,31,33). The van der Waals surface area contributed by atoms with Crippen LogP contribution in [-0.2, 0) is 23.7 Å². The Morgan fingerprint density at radius 2 is 1.26 bits per heavy atom. The van der Waals surface area contributed by atoms with Crippen molar-refractivity contribution in [2.75, 3.05) is 59.4 Å². The first-order chi connectivity index (χ1) is 20.5. The van der Waals surface area contributed by atoms with Gasteiger partial charge in [0, 0.05) is 24.6 Å². The van der Waals surface area contributed by atoms with E-state index >= 15 is 0 Å². The normalized spacial score (nSPS) is 11.8. The third-order valence-corrected chi connectivity index (χ3v) is 6.30. The highest BCUT2D eigenvalue weighted by atomic mass is 16.7. The molecule has 0 unspecified atom stereocenters. The minimum Gasteiger partial charge on any atom is -0.449 e. The average molecular weight is 581 g/mol. The van der Waals surface area contributed by atoms with Crippen LogP contribution in [0.2, 0.25) is 0 Å². The summed E-state index contributed by atoms with van der Waals surface area (Å²) in [7, 11) is 0. The molecule has 222 valence electrons. The number of nitrogens with zero attached hydrogens (tertiary/aromatic N) is 1. The molecule has 1 N–H and O–H groups in total. The number of amides is 1. The van der Waals surface area contributed by atoms with E-state index < -0.39 is 17.2 Å². The number of non-ortho nitro benzene ring substituents is 1. The number of nitro groups is 1. The van der Waals surface area contributed by atoms with Crippen LogP contribution in [0, 0.1) is 10.1 Å². The van der Waals surface area contributed by atoms with E-state index in [1.165, 1.54) is 35.4 Å². The van der Waals surface area contributed by atoms with E-state index in [1.54, 1.807) is 0 Å². The summed E-state index contributed by atoms with van der Waals surface area (Å²) >= 11 is 0. The van der Waals surface area contributed by atoms with Gasteiger partial charge in [-0.1, -0.05) is 48.5 Å². The number of alkyl carbamates (subject to hydrolysis) is 1. The van der Waals surface area contributed by atoms with Crippen LogP contribution >= 0.6 is 0 Å². The van der Waals surface area contributed by atoms with Crippen molar-refractivity contribution in [3.8, 4) is 16.9 Å². The van der Waals surface area contributed by atoms with Gasteiger partial charge in [-0.2, -0.15) is 0 Å². The monoisotopic (exact) mass is 580 g/mol. The Kier molecular flexibility index (Phi) is 11.6. The first-order valence-corrected chi connectivity index (χ1v) is 13.4. The van der Waals surface area contributed by atoms with Gasteiger partial charge < -0.3 is 33.7 Å². The number of carbonyl (C=O) groups excluding carboxylic acids is 2. The SMILES string of the molecule is O=C(NCCOCCOCCOCCOC(=O)Oc1ccc([N+](=O)[O-])cc1)OCC1c2ccccc2-c2ccccc21. The summed E-state index contributed by atoms with van der Waals surface area (Å²) in [6.07, 6.45) is -1.42. The van der Waals surface area contributed by atoms with E-state index in [2.05, 4.69) is 29.6 Å². The highest BCUT2D eigenvalue weighted by Gasteiger charge is 2.28. The molecule has 0 saturated carbocycles. The van der Waals surface area contributed by atoms with E-state index in [9.17, 15) is 19.7 Å². The lowest BCUT2D eigenvalue weighted by Gasteiger charge is -2.14. The third-order valence-electron chi connectivity index (χ3n) is 6.30. The minimum atomic E-state index is -0.936. The Labute approximate surface area is 242 Å². The van der Waals surface area contributed by atoms with Crippen LogP contribution in [0.3, 0.4) is 0 Å². The summed E-state index contributed by atoms with van der Waals surface area (Å²) in [5.74, 6) is 0.147. The molecule has 0 radical (unpaired) electrons. The van der Waals surface area contributed by atoms with Crippen LogP contribution in [0.25, 0.3) is 11.1 Å². The first kappa shape index (κ1) is 30.4. The maximum Gasteiger partial charge on any atom is 0.513 e. The molecule has 1 aliphatic carbocycles. The van der Waals surface area contributed by atoms with Crippen LogP contribution < -0.4 is 10.1 Å². The Hall–Kier alpha value is -4.52. The number of nitrogens with one attached hydrogen (secondary N) is 1. The molecule has 0 heterocycles. The molecular formula is C30H32N2O10. The number of hydrogen-bond acceptors (Lipinski definition) is 10. The maximum atomic E-state index is 12.2. The topological polar surface area (TPSA) is 145 Å². The molecule has 1 amide bonds. The highest BCUT2D eigenvalue weighted by Crippen LogP contribution is 2.44. The summed E-state index contributed by atoms with van der Waals surface area (Å²) in [6, 6.07) is 21.4. The van der Waals surface area contributed by atoms with Crippen molar-refractivity contribution in [3.05, 3.63) is 94.0 Å². The molecule has 12 nitrogen and oxygen atoms in total. The summed E-state index contributed by atoms with van der Waals surface area (Å²) in [5, 5.41) is 13.3. The second-order valence-electron chi connectivity index (χ2n) is 9.04. The van der Waals surface area contributed by atoms with Crippen LogP contribution in [0.5, 0.6) is 5.75 Å². The van der Waals surface area contributed by atoms with Gasteiger partial charge in [0.2, 0.25) is 0 Å². The van der Waals surface area contributed by atoms with Crippen molar-refractivity contribution >= 4 is 17.9 Å². The molecular weight excluding hydrogens is 548 g/mol. The summed E-state index contributed by atoms with van der Waals surface area (Å²) in [4.78, 5) is 33.9. The Balaban J connectivity index is 0.953. The second-order valence-corrected chi connectivity index (χ2v) is 9.04. The zero-order valence-electron chi connectivity index (χ0n) is 22.9. The van der Waals surface area contributed by atoms with Crippen molar-refractivity contribution in [2.45, 2.75) is 5.92 Å². The van der Waals surface area contributed by atoms with Gasteiger partial charge in [0.05, 0.1) is 44.6 Å². The number of rotatable bonds is 16. The highest BCUT2D eigenvalue weighted by molar-refractivity contribution is 5.79. The fourth-order valence-electron chi connectivity index (χ4n) is 4.36. The lowest BCUT2D eigenvalue weighted by atomic mass is 9.98. The third kappa shape index (κ3) is 8.99. The molecule has 0 bridgehead atoms. The molecule has 4 rings (SSSR count). The molecule has 0 aliphatic heterocycles.